The van der Waals surface area contributed by atoms with E-state index < -0.39 is 17.0 Å². The second kappa shape index (κ2) is 2.09. The van der Waals surface area contributed by atoms with Crippen molar-refractivity contribution in [2.75, 3.05) is 19.6 Å². The van der Waals surface area contributed by atoms with Gasteiger partial charge in [0, 0.05) is 26.1 Å². The summed E-state index contributed by atoms with van der Waals surface area (Å²) in [6.07, 6.45) is -0.368. The number of rotatable bonds is 0. The Kier molecular flexibility index (Phi) is 1.28. The van der Waals surface area contributed by atoms with Crippen molar-refractivity contribution in [1.29, 1.82) is 0 Å². The van der Waals surface area contributed by atoms with E-state index in [-0.39, 0.29) is 25.4 Å². The molecule has 78 valence electrons. The summed E-state index contributed by atoms with van der Waals surface area (Å²) in [7, 11) is 0. The summed E-state index contributed by atoms with van der Waals surface area (Å²) in [6, 6.07) is 0. The molecule has 0 aromatic heterocycles. The van der Waals surface area contributed by atoms with Crippen molar-refractivity contribution in [3.05, 3.63) is 0 Å². The maximum atomic E-state index is 13.7. The zero-order valence-corrected chi connectivity index (χ0v) is 7.49. The normalized spacial score (nSPS) is 42.0. The molecule has 0 aliphatic carbocycles. The van der Waals surface area contributed by atoms with E-state index >= 15 is 0 Å². The minimum absolute atomic E-state index is 0.245. The largest absolute Gasteiger partial charge is 0.352 e. The monoisotopic (exact) mass is 203 g/mol. The van der Waals surface area contributed by atoms with Crippen molar-refractivity contribution in [2.24, 2.45) is 0 Å². The maximum Gasteiger partial charge on any atom is 0.270 e. The van der Waals surface area contributed by atoms with Crippen molar-refractivity contribution in [3.63, 3.8) is 0 Å². The maximum absolute atomic E-state index is 13.7. The number of hydrogen-bond donors (Lipinski definition) is 3. The summed E-state index contributed by atoms with van der Waals surface area (Å²) in [5.74, 6) is -3.07. The van der Waals surface area contributed by atoms with Crippen LogP contribution in [-0.2, 0) is 4.79 Å². The third-order valence-electron chi connectivity index (χ3n) is 3.54. The summed E-state index contributed by atoms with van der Waals surface area (Å²) in [5, 5.41) is 8.17. The van der Waals surface area contributed by atoms with Crippen molar-refractivity contribution in [3.8, 4) is 0 Å². The average molecular weight is 203 g/mol. The van der Waals surface area contributed by atoms with Gasteiger partial charge in [-0.05, 0) is 0 Å². The highest BCUT2D eigenvalue weighted by Crippen LogP contribution is 2.47. The Morgan fingerprint density at radius 3 is 2.14 bits per heavy atom. The van der Waals surface area contributed by atoms with Crippen molar-refractivity contribution in [1.82, 2.24) is 16.0 Å². The predicted octanol–water partition coefficient (Wildman–Crippen LogP) is -1.17. The van der Waals surface area contributed by atoms with E-state index in [1.54, 1.807) is 0 Å². The van der Waals surface area contributed by atoms with Gasteiger partial charge >= 0.3 is 0 Å². The summed E-state index contributed by atoms with van der Waals surface area (Å²) >= 11 is 0. The minimum Gasteiger partial charge on any atom is -0.352 e. The van der Waals surface area contributed by atoms with E-state index in [0.717, 1.165) is 0 Å². The lowest BCUT2D eigenvalue weighted by Gasteiger charge is -2.45. The lowest BCUT2D eigenvalue weighted by molar-refractivity contribution is -0.135. The fraction of sp³-hybridized carbons (Fsp3) is 0.875. The van der Waals surface area contributed by atoms with Crippen LogP contribution in [-0.4, -0.2) is 42.5 Å². The van der Waals surface area contributed by atoms with Gasteiger partial charge in [0.05, 0.1) is 0 Å². The van der Waals surface area contributed by atoms with E-state index in [1.165, 1.54) is 0 Å². The summed E-state index contributed by atoms with van der Waals surface area (Å²) in [4.78, 5) is 11.2. The molecule has 3 rings (SSSR count). The van der Waals surface area contributed by atoms with Gasteiger partial charge in [-0.2, -0.15) is 0 Å². The summed E-state index contributed by atoms with van der Waals surface area (Å²) in [5.41, 5.74) is -2.17. The van der Waals surface area contributed by atoms with Gasteiger partial charge in [0.1, 0.15) is 11.1 Å². The molecule has 3 N–H and O–H groups in total. The smallest absolute Gasteiger partial charge is 0.270 e. The van der Waals surface area contributed by atoms with Gasteiger partial charge in [0.15, 0.2) is 0 Å². The second-order valence-electron chi connectivity index (χ2n) is 4.46. The molecule has 14 heavy (non-hydrogen) atoms. The van der Waals surface area contributed by atoms with E-state index in [4.69, 9.17) is 0 Å². The molecule has 3 aliphatic rings. The molecule has 0 saturated carbocycles. The van der Waals surface area contributed by atoms with Crippen LogP contribution in [0.5, 0.6) is 0 Å². The van der Waals surface area contributed by atoms with Gasteiger partial charge in [0.25, 0.3) is 5.92 Å². The Bertz CT molecular complexity index is 316. The van der Waals surface area contributed by atoms with Crippen molar-refractivity contribution < 1.29 is 13.6 Å². The Morgan fingerprint density at radius 1 is 1.21 bits per heavy atom. The molecule has 0 aromatic rings. The Morgan fingerprint density at radius 2 is 1.93 bits per heavy atom. The highest BCUT2D eigenvalue weighted by atomic mass is 19.3. The van der Waals surface area contributed by atoms with E-state index in [2.05, 4.69) is 16.0 Å². The molecule has 1 unspecified atom stereocenters. The highest BCUT2D eigenvalue weighted by molar-refractivity contribution is 5.93. The molecule has 0 bridgehead atoms. The number of alkyl halides is 2. The molecule has 3 heterocycles. The molecule has 3 aliphatic heterocycles. The number of hydrogen-bond acceptors (Lipinski definition) is 3. The first kappa shape index (κ1) is 8.55. The van der Waals surface area contributed by atoms with Crippen LogP contribution in [0.3, 0.4) is 0 Å². The molecule has 2 spiro atoms. The van der Waals surface area contributed by atoms with Crippen molar-refractivity contribution >= 4 is 5.91 Å². The summed E-state index contributed by atoms with van der Waals surface area (Å²) < 4.78 is 27.3. The van der Waals surface area contributed by atoms with Gasteiger partial charge in [-0.15, -0.1) is 0 Å². The second-order valence-corrected chi connectivity index (χ2v) is 4.46. The minimum atomic E-state index is -2.78. The molecule has 1 atom stereocenters. The Labute approximate surface area is 79.4 Å². The van der Waals surface area contributed by atoms with Crippen molar-refractivity contribution in [2.45, 2.75) is 23.4 Å². The molecule has 1 amide bonds. The summed E-state index contributed by atoms with van der Waals surface area (Å²) in [6.45, 7) is 0.813. The van der Waals surface area contributed by atoms with Gasteiger partial charge in [-0.1, -0.05) is 0 Å². The third kappa shape index (κ3) is 0.730. The highest BCUT2D eigenvalue weighted by Gasteiger charge is 2.71. The van der Waals surface area contributed by atoms with Crippen LogP contribution in [0, 0.1) is 0 Å². The van der Waals surface area contributed by atoms with Crippen LogP contribution < -0.4 is 16.0 Å². The molecule has 4 nitrogen and oxygen atoms in total. The fourth-order valence-corrected chi connectivity index (χ4v) is 2.48. The predicted molar refractivity (Wildman–Crippen MR) is 44.0 cm³/mol. The lowest BCUT2D eigenvalue weighted by Crippen LogP contribution is -2.78. The van der Waals surface area contributed by atoms with E-state index in [1.807, 2.05) is 0 Å². The molecular formula is C8H11F2N3O. The number of carbonyl (C=O) groups is 1. The van der Waals surface area contributed by atoms with Crippen LogP contribution in [0.2, 0.25) is 0 Å². The number of nitrogens with one attached hydrogen (secondary N) is 3. The molecule has 0 aromatic carbocycles. The quantitative estimate of drug-likeness (QED) is 0.435. The molecular weight excluding hydrogens is 192 g/mol. The number of carbonyl (C=O) groups excluding carboxylic acids is 1. The number of amides is 1. The Balaban J connectivity index is 1.93. The van der Waals surface area contributed by atoms with Gasteiger partial charge in [-0.3, -0.25) is 10.1 Å². The van der Waals surface area contributed by atoms with Crippen LogP contribution >= 0.6 is 0 Å². The van der Waals surface area contributed by atoms with Gasteiger partial charge < -0.3 is 10.6 Å². The fourth-order valence-electron chi connectivity index (χ4n) is 2.48. The van der Waals surface area contributed by atoms with E-state index in [9.17, 15) is 13.6 Å². The third-order valence-corrected chi connectivity index (χ3v) is 3.54. The first-order valence-corrected chi connectivity index (χ1v) is 4.66. The van der Waals surface area contributed by atoms with Crippen LogP contribution in [0.1, 0.15) is 6.42 Å². The average Bonchev–Trinajstić information content (AvgIpc) is 2.32. The topological polar surface area (TPSA) is 53.2 Å². The first-order valence-electron chi connectivity index (χ1n) is 4.66. The molecule has 3 saturated heterocycles. The number of halogens is 2. The Hall–Kier alpha value is -0.750. The van der Waals surface area contributed by atoms with Crippen LogP contribution in [0.25, 0.3) is 0 Å². The zero-order chi connectivity index (χ0) is 10.0. The molecule has 6 heteroatoms. The standard InChI is InChI=1S/C8H11F2N3O/c9-8(10)1-6(2-12-5(6)14)13-7(8)3-11-4-7/h11,13H,1-4H2,(H,12,14). The van der Waals surface area contributed by atoms with Crippen LogP contribution in [0.4, 0.5) is 8.78 Å². The van der Waals surface area contributed by atoms with Gasteiger partial charge in [0.2, 0.25) is 5.91 Å². The van der Waals surface area contributed by atoms with E-state index in [0.29, 0.717) is 6.54 Å². The van der Waals surface area contributed by atoms with Gasteiger partial charge in [-0.25, -0.2) is 8.78 Å². The lowest BCUT2D eigenvalue weighted by atomic mass is 9.85. The first-order chi connectivity index (χ1) is 6.50. The number of β-lactam (4-membered cyclic amide) rings is 1. The van der Waals surface area contributed by atoms with Crippen LogP contribution in [0.15, 0.2) is 0 Å². The molecule has 3 fully saturated rings. The molecule has 0 radical (unpaired) electrons. The SMILES string of the molecule is O=C1NCC12CC(F)(F)C1(CNC1)N2. The zero-order valence-electron chi connectivity index (χ0n) is 7.49.